The number of nitrogens with one attached hydrogen (secondary N) is 2. The Balaban J connectivity index is 1.86. The molecule has 0 bridgehead atoms. The zero-order valence-corrected chi connectivity index (χ0v) is 15.7. The Kier molecular flexibility index (Phi) is 7.05. The van der Waals surface area contributed by atoms with Crippen molar-refractivity contribution in [2.75, 3.05) is 5.32 Å². The van der Waals surface area contributed by atoms with E-state index in [0.717, 1.165) is 6.07 Å². The molecule has 4 nitrogen and oxygen atoms in total. The second-order valence-corrected chi connectivity index (χ2v) is 6.88. The first-order valence-corrected chi connectivity index (χ1v) is 8.92. The first kappa shape index (κ1) is 20.6. The average Bonchev–Trinajstić information content (AvgIpc) is 2.63. The molecule has 1 unspecified atom stereocenters. The SMILES string of the molecule is CC(CCc1ccc(F)c(F)c1)NC(=O)c1ccc(NC(=O)C(C)C)cc1. The minimum Gasteiger partial charge on any atom is -0.350 e. The molecule has 0 aromatic heterocycles. The minimum atomic E-state index is -0.867. The molecular weight excluding hydrogens is 350 g/mol. The second-order valence-electron chi connectivity index (χ2n) is 6.88. The van der Waals surface area contributed by atoms with Crippen molar-refractivity contribution in [3.8, 4) is 0 Å². The van der Waals surface area contributed by atoms with E-state index in [1.165, 1.54) is 12.1 Å². The van der Waals surface area contributed by atoms with Crippen molar-refractivity contribution in [3.05, 3.63) is 65.2 Å². The lowest BCUT2D eigenvalue weighted by Crippen LogP contribution is -2.32. The number of amides is 2. The lowest BCUT2D eigenvalue weighted by molar-refractivity contribution is -0.118. The molecular formula is C21H24F2N2O2. The highest BCUT2D eigenvalue weighted by atomic mass is 19.2. The minimum absolute atomic E-state index is 0.0851. The fourth-order valence-corrected chi connectivity index (χ4v) is 2.45. The Labute approximate surface area is 158 Å². The molecule has 2 N–H and O–H groups in total. The molecule has 0 spiro atoms. The third-order valence-electron chi connectivity index (χ3n) is 4.17. The summed E-state index contributed by atoms with van der Waals surface area (Å²) < 4.78 is 26.2. The summed E-state index contributed by atoms with van der Waals surface area (Å²) >= 11 is 0. The second kappa shape index (κ2) is 9.26. The molecule has 0 aliphatic heterocycles. The van der Waals surface area contributed by atoms with Gasteiger partial charge in [0.05, 0.1) is 0 Å². The summed E-state index contributed by atoms with van der Waals surface area (Å²) in [5.74, 6) is -2.17. The van der Waals surface area contributed by atoms with Crippen LogP contribution in [0.5, 0.6) is 0 Å². The maximum absolute atomic E-state index is 13.2. The summed E-state index contributed by atoms with van der Waals surface area (Å²) in [7, 11) is 0. The van der Waals surface area contributed by atoms with E-state index in [0.29, 0.717) is 29.7 Å². The molecule has 6 heteroatoms. The van der Waals surface area contributed by atoms with Crippen molar-refractivity contribution < 1.29 is 18.4 Å². The fraction of sp³-hybridized carbons (Fsp3) is 0.333. The van der Waals surface area contributed by atoms with Crippen LogP contribution in [0.1, 0.15) is 43.1 Å². The molecule has 2 amide bonds. The molecule has 0 radical (unpaired) electrons. The molecule has 0 fully saturated rings. The van der Waals surface area contributed by atoms with Crippen LogP contribution in [0.4, 0.5) is 14.5 Å². The van der Waals surface area contributed by atoms with Gasteiger partial charge in [0.25, 0.3) is 5.91 Å². The molecule has 144 valence electrons. The summed E-state index contributed by atoms with van der Waals surface area (Å²) in [4.78, 5) is 24.0. The van der Waals surface area contributed by atoms with Crippen LogP contribution < -0.4 is 10.6 Å². The van der Waals surface area contributed by atoms with E-state index in [1.54, 1.807) is 38.1 Å². The Morgan fingerprint density at radius 3 is 2.22 bits per heavy atom. The number of benzene rings is 2. The number of rotatable bonds is 7. The van der Waals surface area contributed by atoms with Gasteiger partial charge >= 0.3 is 0 Å². The normalized spacial score (nSPS) is 11.9. The van der Waals surface area contributed by atoms with E-state index < -0.39 is 11.6 Å². The zero-order chi connectivity index (χ0) is 20.0. The number of aryl methyl sites for hydroxylation is 1. The Hall–Kier alpha value is -2.76. The maximum atomic E-state index is 13.2. The van der Waals surface area contributed by atoms with E-state index in [9.17, 15) is 18.4 Å². The van der Waals surface area contributed by atoms with Crippen LogP contribution in [-0.4, -0.2) is 17.9 Å². The lowest BCUT2D eigenvalue weighted by atomic mass is 10.1. The van der Waals surface area contributed by atoms with Gasteiger partial charge in [-0.15, -0.1) is 0 Å². The number of halogens is 2. The van der Waals surface area contributed by atoms with E-state index in [1.807, 2.05) is 6.92 Å². The van der Waals surface area contributed by atoms with Gasteiger partial charge in [-0.25, -0.2) is 8.78 Å². The van der Waals surface area contributed by atoms with Gasteiger partial charge in [-0.1, -0.05) is 19.9 Å². The quantitative estimate of drug-likeness (QED) is 0.759. The largest absolute Gasteiger partial charge is 0.350 e. The van der Waals surface area contributed by atoms with Gasteiger partial charge in [0.1, 0.15) is 0 Å². The van der Waals surface area contributed by atoms with Crippen LogP contribution in [0.15, 0.2) is 42.5 Å². The predicted molar refractivity (Wildman–Crippen MR) is 102 cm³/mol. The summed E-state index contributed by atoms with van der Waals surface area (Å²) in [6.45, 7) is 5.47. The van der Waals surface area contributed by atoms with Crippen molar-refractivity contribution in [3.63, 3.8) is 0 Å². The van der Waals surface area contributed by atoms with Gasteiger partial charge in [0.15, 0.2) is 11.6 Å². The first-order chi connectivity index (χ1) is 12.8. The molecule has 0 saturated heterocycles. The number of hydrogen-bond donors (Lipinski definition) is 2. The van der Waals surface area contributed by atoms with E-state index in [2.05, 4.69) is 10.6 Å². The third kappa shape index (κ3) is 6.16. The van der Waals surface area contributed by atoms with Gasteiger partial charge in [-0.05, 0) is 61.7 Å². The summed E-state index contributed by atoms with van der Waals surface area (Å²) in [5.41, 5.74) is 1.80. The third-order valence-corrected chi connectivity index (χ3v) is 4.17. The van der Waals surface area contributed by atoms with Gasteiger partial charge in [0, 0.05) is 23.2 Å². The molecule has 1 atom stereocenters. The van der Waals surface area contributed by atoms with Crippen molar-refractivity contribution in [2.45, 2.75) is 39.7 Å². The fourth-order valence-electron chi connectivity index (χ4n) is 2.45. The number of anilines is 1. The Morgan fingerprint density at radius 1 is 0.963 bits per heavy atom. The molecule has 2 aromatic carbocycles. The smallest absolute Gasteiger partial charge is 0.251 e. The van der Waals surface area contributed by atoms with Crippen molar-refractivity contribution in [1.29, 1.82) is 0 Å². The molecule has 27 heavy (non-hydrogen) atoms. The highest BCUT2D eigenvalue weighted by molar-refractivity contribution is 5.96. The molecule has 0 aliphatic rings. The molecule has 0 saturated carbocycles. The number of hydrogen-bond acceptors (Lipinski definition) is 2. The standard InChI is InChI=1S/C21H24F2N2O2/c1-13(2)20(26)25-17-9-7-16(8-10-17)21(27)24-14(3)4-5-15-6-11-18(22)19(23)12-15/h6-14H,4-5H2,1-3H3,(H,24,27)(H,25,26). The summed E-state index contributed by atoms with van der Waals surface area (Å²) in [6, 6.07) is 10.3. The Bertz CT molecular complexity index is 804. The van der Waals surface area contributed by atoms with Crippen LogP contribution in [0.25, 0.3) is 0 Å². The molecule has 0 aliphatic carbocycles. The molecule has 2 rings (SSSR count). The van der Waals surface area contributed by atoms with E-state index in [4.69, 9.17) is 0 Å². The lowest BCUT2D eigenvalue weighted by Gasteiger charge is -2.14. The topological polar surface area (TPSA) is 58.2 Å². The predicted octanol–water partition coefficient (Wildman–Crippen LogP) is 4.31. The Morgan fingerprint density at radius 2 is 1.63 bits per heavy atom. The van der Waals surface area contributed by atoms with Gasteiger partial charge < -0.3 is 10.6 Å². The van der Waals surface area contributed by atoms with Crippen LogP contribution in [0.3, 0.4) is 0 Å². The number of carbonyl (C=O) groups is 2. The van der Waals surface area contributed by atoms with Crippen LogP contribution in [0, 0.1) is 17.6 Å². The van der Waals surface area contributed by atoms with Gasteiger partial charge in [-0.2, -0.15) is 0 Å². The monoisotopic (exact) mass is 374 g/mol. The average molecular weight is 374 g/mol. The van der Waals surface area contributed by atoms with Crippen LogP contribution in [0.2, 0.25) is 0 Å². The zero-order valence-electron chi connectivity index (χ0n) is 15.7. The highest BCUT2D eigenvalue weighted by Crippen LogP contribution is 2.13. The van der Waals surface area contributed by atoms with Crippen molar-refractivity contribution in [1.82, 2.24) is 5.32 Å². The van der Waals surface area contributed by atoms with Crippen molar-refractivity contribution >= 4 is 17.5 Å². The first-order valence-electron chi connectivity index (χ1n) is 8.92. The van der Waals surface area contributed by atoms with Crippen LogP contribution >= 0.6 is 0 Å². The van der Waals surface area contributed by atoms with E-state index >= 15 is 0 Å². The van der Waals surface area contributed by atoms with Gasteiger partial charge in [0.2, 0.25) is 5.91 Å². The van der Waals surface area contributed by atoms with Crippen molar-refractivity contribution in [2.24, 2.45) is 5.92 Å². The van der Waals surface area contributed by atoms with Gasteiger partial charge in [-0.3, -0.25) is 9.59 Å². The summed E-state index contributed by atoms with van der Waals surface area (Å²) in [6.07, 6.45) is 1.12. The van der Waals surface area contributed by atoms with E-state index in [-0.39, 0.29) is 23.8 Å². The number of carbonyl (C=O) groups excluding carboxylic acids is 2. The summed E-state index contributed by atoms with van der Waals surface area (Å²) in [5, 5.41) is 5.64. The van der Waals surface area contributed by atoms with Crippen LogP contribution in [-0.2, 0) is 11.2 Å². The highest BCUT2D eigenvalue weighted by Gasteiger charge is 2.12. The molecule has 0 heterocycles. The molecule has 2 aromatic rings. The maximum Gasteiger partial charge on any atom is 0.251 e.